The Bertz CT molecular complexity index is 716. The Balaban J connectivity index is 2.09. The van der Waals surface area contributed by atoms with Crippen molar-refractivity contribution in [2.24, 2.45) is 0 Å². The standard InChI is InChI=1S/C19H18BrClO3/c1-3-23-18(22)9-8-15-10-16(20)19(17(21)11-15)24-12-14-6-4-13(2)5-7-14/h4-11H,3,12H2,1-2H3/b9-8+. The van der Waals surface area contributed by atoms with Crippen molar-refractivity contribution in [2.75, 3.05) is 6.61 Å². The highest BCUT2D eigenvalue weighted by Gasteiger charge is 2.09. The summed E-state index contributed by atoms with van der Waals surface area (Å²) in [5.74, 6) is 0.190. The lowest BCUT2D eigenvalue weighted by molar-refractivity contribution is -0.137. The third-order valence-electron chi connectivity index (χ3n) is 3.22. The summed E-state index contributed by atoms with van der Waals surface area (Å²) in [6, 6.07) is 11.7. The van der Waals surface area contributed by atoms with Gasteiger partial charge in [0.05, 0.1) is 16.1 Å². The van der Waals surface area contributed by atoms with Crippen LogP contribution >= 0.6 is 27.5 Å². The normalized spacial score (nSPS) is 10.8. The zero-order chi connectivity index (χ0) is 17.5. The first-order chi connectivity index (χ1) is 11.5. The van der Waals surface area contributed by atoms with Gasteiger partial charge in [-0.2, -0.15) is 0 Å². The SMILES string of the molecule is CCOC(=O)/C=C/c1cc(Cl)c(OCc2ccc(C)cc2)c(Br)c1. The van der Waals surface area contributed by atoms with Gasteiger partial charge < -0.3 is 9.47 Å². The van der Waals surface area contributed by atoms with Crippen molar-refractivity contribution in [1.29, 1.82) is 0 Å². The molecule has 0 radical (unpaired) electrons. The van der Waals surface area contributed by atoms with E-state index in [0.717, 1.165) is 15.6 Å². The second-order valence-electron chi connectivity index (χ2n) is 5.17. The number of rotatable bonds is 6. The molecule has 0 aliphatic heterocycles. The van der Waals surface area contributed by atoms with Crippen LogP contribution in [-0.4, -0.2) is 12.6 Å². The summed E-state index contributed by atoms with van der Waals surface area (Å²) in [4.78, 5) is 11.4. The van der Waals surface area contributed by atoms with Gasteiger partial charge in [-0.3, -0.25) is 0 Å². The first-order valence-corrected chi connectivity index (χ1v) is 8.69. The molecule has 0 saturated carbocycles. The van der Waals surface area contributed by atoms with Crippen molar-refractivity contribution < 1.29 is 14.3 Å². The molecule has 2 aromatic carbocycles. The molecule has 0 amide bonds. The van der Waals surface area contributed by atoms with Crippen LogP contribution in [0.4, 0.5) is 0 Å². The third-order valence-corrected chi connectivity index (χ3v) is 4.09. The van der Waals surface area contributed by atoms with Crippen molar-refractivity contribution in [1.82, 2.24) is 0 Å². The minimum atomic E-state index is -0.385. The lowest BCUT2D eigenvalue weighted by Crippen LogP contribution is -1.99. The number of carbonyl (C=O) groups excluding carboxylic acids is 1. The Hall–Kier alpha value is -1.78. The Kier molecular flexibility index (Phi) is 6.88. The summed E-state index contributed by atoms with van der Waals surface area (Å²) in [5.41, 5.74) is 3.05. The molecule has 0 N–H and O–H groups in total. The summed E-state index contributed by atoms with van der Waals surface area (Å²) < 4.78 is 11.4. The molecule has 0 aliphatic rings. The van der Waals surface area contributed by atoms with Crippen LogP contribution in [0.3, 0.4) is 0 Å². The van der Waals surface area contributed by atoms with E-state index in [1.807, 2.05) is 37.3 Å². The van der Waals surface area contributed by atoms with Crippen molar-refractivity contribution in [3.05, 3.63) is 68.7 Å². The number of carbonyl (C=O) groups is 1. The van der Waals surface area contributed by atoms with E-state index in [0.29, 0.717) is 24.0 Å². The van der Waals surface area contributed by atoms with Crippen LogP contribution in [-0.2, 0) is 16.1 Å². The van der Waals surface area contributed by atoms with Crippen LogP contribution in [0, 0.1) is 6.92 Å². The van der Waals surface area contributed by atoms with Crippen LogP contribution in [0.1, 0.15) is 23.6 Å². The van der Waals surface area contributed by atoms with Gasteiger partial charge in [-0.1, -0.05) is 41.4 Å². The fourth-order valence-electron chi connectivity index (χ4n) is 2.01. The van der Waals surface area contributed by atoms with Gasteiger partial charge in [0.2, 0.25) is 0 Å². The van der Waals surface area contributed by atoms with E-state index in [1.54, 1.807) is 19.1 Å². The predicted octanol–water partition coefficient (Wildman–Crippen LogP) is 5.57. The molecular formula is C19H18BrClO3. The number of aryl methyl sites for hydroxylation is 1. The minimum Gasteiger partial charge on any atom is -0.486 e. The molecule has 24 heavy (non-hydrogen) atoms. The molecule has 0 heterocycles. The molecule has 0 saturated heterocycles. The van der Waals surface area contributed by atoms with E-state index < -0.39 is 0 Å². The van der Waals surface area contributed by atoms with Crippen molar-refractivity contribution >= 4 is 39.6 Å². The largest absolute Gasteiger partial charge is 0.486 e. The summed E-state index contributed by atoms with van der Waals surface area (Å²) in [6.07, 6.45) is 3.02. The van der Waals surface area contributed by atoms with Crippen LogP contribution in [0.5, 0.6) is 5.75 Å². The fourth-order valence-corrected chi connectivity index (χ4v) is 3.00. The minimum absolute atomic E-state index is 0.347. The van der Waals surface area contributed by atoms with Gasteiger partial charge in [-0.25, -0.2) is 4.79 Å². The summed E-state index contributed by atoms with van der Waals surface area (Å²) >= 11 is 9.76. The highest BCUT2D eigenvalue weighted by molar-refractivity contribution is 9.10. The van der Waals surface area contributed by atoms with Gasteiger partial charge in [-0.15, -0.1) is 0 Å². The third kappa shape index (κ3) is 5.39. The number of benzene rings is 2. The number of esters is 1. The first-order valence-electron chi connectivity index (χ1n) is 7.52. The molecule has 2 rings (SSSR count). The molecule has 0 bridgehead atoms. The maximum Gasteiger partial charge on any atom is 0.330 e. The molecule has 126 valence electrons. The van der Waals surface area contributed by atoms with Crippen molar-refractivity contribution in [3.8, 4) is 5.75 Å². The van der Waals surface area contributed by atoms with E-state index in [9.17, 15) is 4.79 Å². The maximum absolute atomic E-state index is 11.4. The van der Waals surface area contributed by atoms with E-state index in [1.165, 1.54) is 11.6 Å². The van der Waals surface area contributed by atoms with E-state index in [4.69, 9.17) is 21.1 Å². The van der Waals surface area contributed by atoms with E-state index in [2.05, 4.69) is 15.9 Å². The number of hydrogen-bond acceptors (Lipinski definition) is 3. The van der Waals surface area contributed by atoms with Crippen molar-refractivity contribution in [2.45, 2.75) is 20.5 Å². The molecule has 5 heteroatoms. The first kappa shape index (κ1) is 18.6. The number of halogens is 2. The van der Waals surface area contributed by atoms with Gasteiger partial charge >= 0.3 is 5.97 Å². The number of hydrogen-bond donors (Lipinski definition) is 0. The van der Waals surface area contributed by atoms with Crippen LogP contribution in [0.15, 0.2) is 46.9 Å². The van der Waals surface area contributed by atoms with Gasteiger partial charge in [0.25, 0.3) is 0 Å². The van der Waals surface area contributed by atoms with Gasteiger partial charge in [-0.05, 0) is 59.1 Å². The summed E-state index contributed by atoms with van der Waals surface area (Å²) in [6.45, 7) is 4.58. The fraction of sp³-hybridized carbons (Fsp3) is 0.211. The van der Waals surface area contributed by atoms with Gasteiger partial charge in [0.1, 0.15) is 6.61 Å². The summed E-state index contributed by atoms with van der Waals surface area (Å²) in [5, 5.41) is 0.472. The highest BCUT2D eigenvalue weighted by Crippen LogP contribution is 2.35. The molecule has 2 aromatic rings. The van der Waals surface area contributed by atoms with Gasteiger partial charge in [0.15, 0.2) is 5.75 Å². The predicted molar refractivity (Wildman–Crippen MR) is 100 cm³/mol. The topological polar surface area (TPSA) is 35.5 Å². The molecule has 0 aliphatic carbocycles. The molecule has 0 aromatic heterocycles. The second kappa shape index (κ2) is 8.90. The lowest BCUT2D eigenvalue weighted by Gasteiger charge is -2.11. The Labute approximate surface area is 155 Å². The van der Waals surface area contributed by atoms with Crippen molar-refractivity contribution in [3.63, 3.8) is 0 Å². The van der Waals surface area contributed by atoms with Crippen LogP contribution in [0.25, 0.3) is 6.08 Å². The Morgan fingerprint density at radius 1 is 1.25 bits per heavy atom. The average Bonchev–Trinajstić information content (AvgIpc) is 2.54. The van der Waals surface area contributed by atoms with E-state index >= 15 is 0 Å². The van der Waals surface area contributed by atoms with Gasteiger partial charge in [0, 0.05) is 6.08 Å². The molecule has 0 atom stereocenters. The molecule has 0 fully saturated rings. The monoisotopic (exact) mass is 408 g/mol. The zero-order valence-corrected chi connectivity index (χ0v) is 15.9. The molecule has 0 spiro atoms. The Morgan fingerprint density at radius 3 is 2.58 bits per heavy atom. The molecule has 0 unspecified atom stereocenters. The quantitative estimate of drug-likeness (QED) is 0.462. The smallest absolute Gasteiger partial charge is 0.330 e. The second-order valence-corrected chi connectivity index (χ2v) is 6.43. The van der Waals surface area contributed by atoms with Crippen LogP contribution < -0.4 is 4.74 Å². The molecule has 3 nitrogen and oxygen atoms in total. The number of ether oxygens (including phenoxy) is 2. The van der Waals surface area contributed by atoms with E-state index in [-0.39, 0.29) is 5.97 Å². The highest BCUT2D eigenvalue weighted by atomic mass is 79.9. The Morgan fingerprint density at radius 2 is 1.96 bits per heavy atom. The summed E-state index contributed by atoms with van der Waals surface area (Å²) in [7, 11) is 0. The zero-order valence-electron chi connectivity index (χ0n) is 13.5. The average molecular weight is 410 g/mol. The maximum atomic E-state index is 11.4. The molecular weight excluding hydrogens is 392 g/mol. The van der Waals surface area contributed by atoms with Crippen LogP contribution in [0.2, 0.25) is 5.02 Å². The lowest BCUT2D eigenvalue weighted by atomic mass is 10.1.